The first-order chi connectivity index (χ1) is 14.6. The number of anilines is 2. The first-order valence-corrected chi connectivity index (χ1v) is 9.04. The molecule has 150 valence electrons. The minimum Gasteiger partial charge on any atom is -0.495 e. The van der Waals surface area contributed by atoms with Crippen molar-refractivity contribution in [3.63, 3.8) is 0 Å². The van der Waals surface area contributed by atoms with Crippen LogP contribution in [0.3, 0.4) is 0 Å². The number of methoxy groups -OCH3 is 1. The van der Waals surface area contributed by atoms with Gasteiger partial charge in [-0.2, -0.15) is 0 Å². The van der Waals surface area contributed by atoms with Crippen LogP contribution in [0.4, 0.5) is 20.6 Å². The van der Waals surface area contributed by atoms with Crippen LogP contribution in [0.5, 0.6) is 5.75 Å². The molecule has 8 heteroatoms. The highest BCUT2D eigenvalue weighted by atomic mass is 19.1. The molecule has 0 bridgehead atoms. The molecule has 0 spiro atoms. The third-order valence-corrected chi connectivity index (χ3v) is 4.26. The second kappa shape index (κ2) is 8.44. The SMILES string of the molecule is COc1ccccc1NC(=O)Nc1ccc(F)c(-c2nnc(-c3ccccc3)o2)c1. The fraction of sp³-hybridized carbons (Fsp3) is 0.0455. The zero-order valence-electron chi connectivity index (χ0n) is 15.9. The van der Waals surface area contributed by atoms with Crippen molar-refractivity contribution in [2.45, 2.75) is 0 Å². The highest BCUT2D eigenvalue weighted by Gasteiger charge is 2.16. The van der Waals surface area contributed by atoms with Crippen LogP contribution >= 0.6 is 0 Å². The molecule has 0 radical (unpaired) electrons. The van der Waals surface area contributed by atoms with Crippen LogP contribution < -0.4 is 15.4 Å². The third-order valence-electron chi connectivity index (χ3n) is 4.26. The summed E-state index contributed by atoms with van der Waals surface area (Å²) in [6, 6.07) is 19.8. The summed E-state index contributed by atoms with van der Waals surface area (Å²) >= 11 is 0. The van der Waals surface area contributed by atoms with E-state index in [2.05, 4.69) is 20.8 Å². The van der Waals surface area contributed by atoms with Crippen LogP contribution in [0, 0.1) is 5.82 Å². The lowest BCUT2D eigenvalue weighted by molar-refractivity contribution is 0.262. The summed E-state index contributed by atoms with van der Waals surface area (Å²) in [5.41, 5.74) is 1.67. The molecule has 2 N–H and O–H groups in total. The average Bonchev–Trinajstić information content (AvgIpc) is 3.26. The van der Waals surface area contributed by atoms with Crippen molar-refractivity contribution in [1.82, 2.24) is 10.2 Å². The third kappa shape index (κ3) is 4.12. The number of hydrogen-bond acceptors (Lipinski definition) is 5. The molecule has 0 aliphatic carbocycles. The molecule has 2 amide bonds. The van der Waals surface area contributed by atoms with Gasteiger partial charge in [-0.15, -0.1) is 10.2 Å². The summed E-state index contributed by atoms with van der Waals surface area (Å²) in [5, 5.41) is 13.3. The van der Waals surface area contributed by atoms with Crippen molar-refractivity contribution in [3.8, 4) is 28.7 Å². The van der Waals surface area contributed by atoms with Crippen LogP contribution in [0.2, 0.25) is 0 Å². The van der Waals surface area contributed by atoms with Crippen molar-refractivity contribution in [1.29, 1.82) is 0 Å². The molecule has 0 aliphatic heterocycles. The zero-order chi connectivity index (χ0) is 20.9. The van der Waals surface area contributed by atoms with Gasteiger partial charge in [0.25, 0.3) is 5.89 Å². The van der Waals surface area contributed by atoms with Crippen LogP contribution in [0.15, 0.2) is 77.2 Å². The Kier molecular flexibility index (Phi) is 5.38. The summed E-state index contributed by atoms with van der Waals surface area (Å²) in [6.07, 6.45) is 0. The number of ether oxygens (including phenoxy) is 1. The van der Waals surface area contributed by atoms with Gasteiger partial charge in [0, 0.05) is 11.3 Å². The first-order valence-electron chi connectivity index (χ1n) is 9.04. The molecule has 7 nitrogen and oxygen atoms in total. The quantitative estimate of drug-likeness (QED) is 0.477. The van der Waals surface area contributed by atoms with Crippen molar-refractivity contribution >= 4 is 17.4 Å². The Balaban J connectivity index is 1.54. The van der Waals surface area contributed by atoms with Gasteiger partial charge in [0.1, 0.15) is 11.6 Å². The summed E-state index contributed by atoms with van der Waals surface area (Å²) in [6.45, 7) is 0. The number of carbonyl (C=O) groups excluding carboxylic acids is 1. The zero-order valence-corrected chi connectivity index (χ0v) is 15.9. The molecule has 4 aromatic rings. The fourth-order valence-electron chi connectivity index (χ4n) is 2.83. The van der Waals surface area contributed by atoms with E-state index in [1.54, 1.807) is 24.3 Å². The van der Waals surface area contributed by atoms with Crippen LogP contribution in [-0.4, -0.2) is 23.3 Å². The average molecular weight is 404 g/mol. The Morgan fingerprint density at radius 3 is 2.47 bits per heavy atom. The minimum atomic E-state index is -0.547. The van der Waals surface area contributed by atoms with E-state index in [4.69, 9.17) is 9.15 Å². The molecular formula is C22H17FN4O3. The Morgan fingerprint density at radius 1 is 0.933 bits per heavy atom. The molecule has 3 aromatic carbocycles. The summed E-state index contributed by atoms with van der Waals surface area (Å²) < 4.78 is 25.2. The molecule has 0 unspecified atom stereocenters. The summed E-state index contributed by atoms with van der Waals surface area (Å²) in [7, 11) is 1.51. The van der Waals surface area contributed by atoms with E-state index >= 15 is 0 Å². The number of para-hydroxylation sites is 2. The van der Waals surface area contributed by atoms with E-state index in [9.17, 15) is 9.18 Å². The lowest BCUT2D eigenvalue weighted by Crippen LogP contribution is -2.19. The fourth-order valence-corrected chi connectivity index (χ4v) is 2.83. The maximum absolute atomic E-state index is 14.4. The molecule has 0 fully saturated rings. The minimum absolute atomic E-state index is 0.0140. The molecule has 0 saturated carbocycles. The largest absolute Gasteiger partial charge is 0.495 e. The van der Waals surface area contributed by atoms with Gasteiger partial charge in [0.2, 0.25) is 5.89 Å². The van der Waals surface area contributed by atoms with Gasteiger partial charge < -0.3 is 19.8 Å². The van der Waals surface area contributed by atoms with E-state index in [-0.39, 0.29) is 17.3 Å². The first kappa shape index (κ1) is 19.1. The number of nitrogens with one attached hydrogen (secondary N) is 2. The number of nitrogens with zero attached hydrogens (tertiary/aromatic N) is 2. The number of rotatable bonds is 5. The van der Waals surface area contributed by atoms with Gasteiger partial charge in [-0.05, 0) is 42.5 Å². The predicted octanol–water partition coefficient (Wildman–Crippen LogP) is 5.20. The van der Waals surface area contributed by atoms with Crippen LogP contribution in [0.1, 0.15) is 0 Å². The predicted molar refractivity (Wildman–Crippen MR) is 111 cm³/mol. The van der Waals surface area contributed by atoms with Crippen LogP contribution in [0.25, 0.3) is 22.9 Å². The number of amides is 2. The Bertz CT molecular complexity index is 1180. The van der Waals surface area contributed by atoms with Crippen LogP contribution in [-0.2, 0) is 0 Å². The lowest BCUT2D eigenvalue weighted by atomic mass is 10.2. The molecule has 4 rings (SSSR count). The Morgan fingerprint density at radius 2 is 1.67 bits per heavy atom. The number of benzene rings is 3. The molecular weight excluding hydrogens is 387 g/mol. The summed E-state index contributed by atoms with van der Waals surface area (Å²) in [5.74, 6) is 0.262. The maximum Gasteiger partial charge on any atom is 0.323 e. The van der Waals surface area contributed by atoms with E-state index in [0.717, 1.165) is 5.56 Å². The van der Waals surface area contributed by atoms with Gasteiger partial charge in [0.05, 0.1) is 18.4 Å². The lowest BCUT2D eigenvalue weighted by Gasteiger charge is -2.11. The molecule has 0 aliphatic rings. The molecule has 0 atom stereocenters. The number of aromatic nitrogens is 2. The Labute approximate surface area is 171 Å². The molecule has 1 heterocycles. The highest BCUT2D eigenvalue weighted by Crippen LogP contribution is 2.28. The van der Waals surface area contributed by atoms with Crippen molar-refractivity contribution in [2.75, 3.05) is 17.7 Å². The highest BCUT2D eigenvalue weighted by molar-refractivity contribution is 6.00. The van der Waals surface area contributed by atoms with Gasteiger partial charge in [0.15, 0.2) is 0 Å². The maximum atomic E-state index is 14.4. The topological polar surface area (TPSA) is 89.3 Å². The van der Waals surface area contributed by atoms with Gasteiger partial charge in [-0.1, -0.05) is 30.3 Å². The van der Waals surface area contributed by atoms with Crippen molar-refractivity contribution in [2.24, 2.45) is 0 Å². The van der Waals surface area contributed by atoms with Crippen molar-refractivity contribution < 1.29 is 18.3 Å². The Hall–Kier alpha value is -4.20. The molecule has 0 saturated heterocycles. The number of hydrogen-bond donors (Lipinski definition) is 2. The second-order valence-electron chi connectivity index (χ2n) is 6.25. The number of urea groups is 1. The normalized spacial score (nSPS) is 10.5. The summed E-state index contributed by atoms with van der Waals surface area (Å²) in [4.78, 5) is 12.3. The van der Waals surface area contributed by atoms with E-state index in [0.29, 0.717) is 17.1 Å². The molecule has 30 heavy (non-hydrogen) atoms. The van der Waals surface area contributed by atoms with Crippen molar-refractivity contribution in [3.05, 3.63) is 78.6 Å². The molecule has 1 aromatic heterocycles. The van der Waals surface area contributed by atoms with E-state index < -0.39 is 11.8 Å². The van der Waals surface area contributed by atoms with Gasteiger partial charge >= 0.3 is 6.03 Å². The number of carbonyl (C=O) groups is 1. The monoisotopic (exact) mass is 404 g/mol. The smallest absolute Gasteiger partial charge is 0.323 e. The number of halogens is 1. The second-order valence-corrected chi connectivity index (χ2v) is 6.25. The van der Waals surface area contributed by atoms with E-state index in [1.165, 1.54) is 25.3 Å². The standard InChI is InChI=1S/C22H17FN4O3/c1-29-19-10-6-5-9-18(19)25-22(28)24-15-11-12-17(23)16(13-15)21-27-26-20(30-21)14-7-3-2-4-8-14/h2-13H,1H3,(H2,24,25,28). The van der Waals surface area contributed by atoms with Gasteiger partial charge in [-0.3, -0.25) is 0 Å². The van der Waals surface area contributed by atoms with Gasteiger partial charge in [-0.25, -0.2) is 9.18 Å². The van der Waals surface area contributed by atoms with E-state index in [1.807, 2.05) is 30.3 Å².